The Kier molecular flexibility index (Phi) is 10.0. The molecule has 4 aromatic carbocycles. The van der Waals surface area contributed by atoms with Crippen LogP contribution in [-0.4, -0.2) is 44.8 Å². The molecule has 0 aliphatic carbocycles. The predicted octanol–water partition coefficient (Wildman–Crippen LogP) is 5.54. The molecule has 1 atom stereocenters. The van der Waals surface area contributed by atoms with E-state index in [2.05, 4.69) is 5.32 Å². The maximum Gasteiger partial charge on any atom is 0.264 e. The number of sulfonamides is 1. The first kappa shape index (κ1) is 30.8. The minimum atomic E-state index is -4.16. The van der Waals surface area contributed by atoms with Crippen LogP contribution in [0.15, 0.2) is 108 Å². The molecule has 0 aliphatic heterocycles. The van der Waals surface area contributed by atoms with Crippen LogP contribution in [0.2, 0.25) is 5.02 Å². The maximum atomic E-state index is 14.3. The van der Waals surface area contributed by atoms with E-state index in [1.54, 1.807) is 36.4 Å². The summed E-state index contributed by atoms with van der Waals surface area (Å²) in [6.45, 7) is 3.40. The van der Waals surface area contributed by atoms with Gasteiger partial charge in [0.05, 0.1) is 10.6 Å². The van der Waals surface area contributed by atoms with Crippen molar-refractivity contribution in [3.63, 3.8) is 0 Å². The van der Waals surface area contributed by atoms with Gasteiger partial charge in [-0.2, -0.15) is 0 Å². The maximum absolute atomic E-state index is 14.3. The highest BCUT2D eigenvalue weighted by molar-refractivity contribution is 7.92. The second-order valence-corrected chi connectivity index (χ2v) is 12.4. The first-order valence-corrected chi connectivity index (χ1v) is 15.4. The number of rotatable bonds is 11. The lowest BCUT2D eigenvalue weighted by atomic mass is 10.0. The van der Waals surface area contributed by atoms with Crippen molar-refractivity contribution in [3.05, 3.63) is 130 Å². The Morgan fingerprint density at radius 2 is 1.45 bits per heavy atom. The lowest BCUT2D eigenvalue weighted by molar-refractivity contribution is -0.139. The van der Waals surface area contributed by atoms with Crippen molar-refractivity contribution in [2.24, 2.45) is 0 Å². The van der Waals surface area contributed by atoms with E-state index in [0.717, 1.165) is 26.6 Å². The fourth-order valence-electron chi connectivity index (χ4n) is 4.67. The molecule has 9 heteroatoms. The minimum Gasteiger partial charge on any atom is -0.357 e. The Morgan fingerprint density at radius 1 is 0.833 bits per heavy atom. The predicted molar refractivity (Wildman–Crippen MR) is 167 cm³/mol. The van der Waals surface area contributed by atoms with E-state index >= 15 is 0 Å². The zero-order valence-electron chi connectivity index (χ0n) is 23.8. The number of carbonyl (C=O) groups is 2. The molecule has 0 radical (unpaired) electrons. The number of amides is 2. The number of halogens is 1. The molecule has 0 unspecified atom stereocenters. The first-order chi connectivity index (χ1) is 20.1. The van der Waals surface area contributed by atoms with Gasteiger partial charge in [0.15, 0.2) is 0 Å². The van der Waals surface area contributed by atoms with Gasteiger partial charge in [-0.1, -0.05) is 83.9 Å². The normalized spacial score (nSPS) is 11.9. The summed E-state index contributed by atoms with van der Waals surface area (Å²) in [5.74, 6) is -0.867. The zero-order chi connectivity index (χ0) is 30.3. The van der Waals surface area contributed by atoms with Gasteiger partial charge in [0.2, 0.25) is 11.8 Å². The van der Waals surface area contributed by atoms with Crippen molar-refractivity contribution in [1.82, 2.24) is 10.2 Å². The third kappa shape index (κ3) is 7.38. The van der Waals surface area contributed by atoms with Crippen LogP contribution in [0.3, 0.4) is 0 Å². The van der Waals surface area contributed by atoms with Crippen LogP contribution in [0.1, 0.15) is 22.3 Å². The molecule has 4 aromatic rings. The molecule has 0 aliphatic rings. The van der Waals surface area contributed by atoms with Crippen LogP contribution < -0.4 is 9.62 Å². The SMILES string of the molecule is CNC(=O)[C@H](Cc1ccccc1)N(Cc1ccccc1C)C(=O)CN(c1ccc(Cl)cc1)S(=O)(=O)c1ccc(C)cc1. The molecule has 218 valence electrons. The van der Waals surface area contributed by atoms with Gasteiger partial charge in [0.25, 0.3) is 10.0 Å². The van der Waals surface area contributed by atoms with E-state index in [1.165, 1.54) is 24.1 Å². The molecule has 42 heavy (non-hydrogen) atoms. The van der Waals surface area contributed by atoms with Crippen LogP contribution in [0.4, 0.5) is 5.69 Å². The van der Waals surface area contributed by atoms with Crippen LogP contribution in [0.25, 0.3) is 0 Å². The summed E-state index contributed by atoms with van der Waals surface area (Å²) in [6.07, 6.45) is 0.254. The Hall–Kier alpha value is -4.14. The fraction of sp³-hybridized carbons (Fsp3) is 0.212. The van der Waals surface area contributed by atoms with Crippen LogP contribution >= 0.6 is 11.6 Å². The highest BCUT2D eigenvalue weighted by Crippen LogP contribution is 2.27. The minimum absolute atomic E-state index is 0.0495. The summed E-state index contributed by atoms with van der Waals surface area (Å²) in [7, 11) is -2.64. The molecule has 4 rings (SSSR count). The van der Waals surface area contributed by atoms with Crippen molar-refractivity contribution in [2.75, 3.05) is 17.9 Å². The summed E-state index contributed by atoms with van der Waals surface area (Å²) >= 11 is 6.11. The Morgan fingerprint density at radius 3 is 2.07 bits per heavy atom. The third-order valence-corrected chi connectivity index (χ3v) is 9.16. The summed E-state index contributed by atoms with van der Waals surface area (Å²) in [5.41, 5.74) is 3.86. The van der Waals surface area contributed by atoms with Crippen LogP contribution in [0.5, 0.6) is 0 Å². The van der Waals surface area contributed by atoms with Gasteiger partial charge in [-0.15, -0.1) is 0 Å². The van der Waals surface area contributed by atoms with E-state index in [-0.39, 0.29) is 29.5 Å². The number of nitrogens with zero attached hydrogens (tertiary/aromatic N) is 2. The number of nitrogens with one attached hydrogen (secondary N) is 1. The van der Waals surface area contributed by atoms with Crippen molar-refractivity contribution in [2.45, 2.75) is 37.8 Å². The number of benzene rings is 4. The molecular formula is C33H34ClN3O4S. The van der Waals surface area contributed by atoms with Crippen LogP contribution in [-0.2, 0) is 32.6 Å². The average molecular weight is 604 g/mol. The summed E-state index contributed by atoms with van der Waals surface area (Å²) in [5, 5.41) is 3.13. The molecule has 1 N–H and O–H groups in total. The number of anilines is 1. The van der Waals surface area contributed by atoms with Crippen molar-refractivity contribution in [3.8, 4) is 0 Å². The smallest absolute Gasteiger partial charge is 0.264 e. The molecule has 7 nitrogen and oxygen atoms in total. The Labute approximate surface area is 252 Å². The Balaban J connectivity index is 1.79. The van der Waals surface area contributed by atoms with Crippen molar-refractivity contribution in [1.29, 1.82) is 0 Å². The molecule has 0 saturated heterocycles. The quantitative estimate of drug-likeness (QED) is 0.244. The van der Waals surface area contributed by atoms with E-state index in [1.807, 2.05) is 68.4 Å². The molecule has 0 aromatic heterocycles. The van der Waals surface area contributed by atoms with Gasteiger partial charge < -0.3 is 10.2 Å². The molecular weight excluding hydrogens is 570 g/mol. The first-order valence-electron chi connectivity index (χ1n) is 13.5. The lowest BCUT2D eigenvalue weighted by Gasteiger charge is -2.34. The highest BCUT2D eigenvalue weighted by atomic mass is 35.5. The third-order valence-electron chi connectivity index (χ3n) is 7.12. The van der Waals surface area contributed by atoms with E-state index < -0.39 is 28.5 Å². The molecule has 0 spiro atoms. The number of likely N-dealkylation sites (N-methyl/N-ethyl adjacent to an activating group) is 1. The highest BCUT2D eigenvalue weighted by Gasteiger charge is 2.34. The molecule has 0 bridgehead atoms. The van der Waals surface area contributed by atoms with Gasteiger partial charge in [-0.05, 0) is 66.9 Å². The number of carbonyl (C=O) groups excluding carboxylic acids is 2. The van der Waals surface area contributed by atoms with E-state index in [9.17, 15) is 18.0 Å². The van der Waals surface area contributed by atoms with Gasteiger partial charge >= 0.3 is 0 Å². The monoisotopic (exact) mass is 603 g/mol. The number of hydrogen-bond donors (Lipinski definition) is 1. The molecule has 0 saturated carbocycles. The largest absolute Gasteiger partial charge is 0.357 e. The van der Waals surface area contributed by atoms with Gasteiger partial charge in [0.1, 0.15) is 12.6 Å². The van der Waals surface area contributed by atoms with Gasteiger partial charge in [-0.25, -0.2) is 8.42 Å². The fourth-order valence-corrected chi connectivity index (χ4v) is 6.21. The molecule has 0 fully saturated rings. The summed E-state index contributed by atoms with van der Waals surface area (Å²) < 4.78 is 29.1. The Bertz CT molecular complexity index is 1630. The van der Waals surface area contributed by atoms with E-state index in [0.29, 0.717) is 5.02 Å². The molecule has 2 amide bonds. The molecule has 0 heterocycles. The zero-order valence-corrected chi connectivity index (χ0v) is 25.4. The van der Waals surface area contributed by atoms with Crippen molar-refractivity contribution < 1.29 is 18.0 Å². The second kappa shape index (κ2) is 13.7. The van der Waals surface area contributed by atoms with Crippen molar-refractivity contribution >= 4 is 39.1 Å². The van der Waals surface area contributed by atoms with Gasteiger partial charge in [-0.3, -0.25) is 13.9 Å². The summed E-state index contributed by atoms with van der Waals surface area (Å²) in [6, 6.07) is 28.9. The standard InChI is InChI=1S/C33H34ClN3O4S/c1-24-13-19-30(20-14-24)42(40,41)37(29-17-15-28(34)16-18-29)23-32(38)36(22-27-12-8-7-9-25(27)2)31(33(39)35-3)21-26-10-5-4-6-11-26/h4-20,31H,21-23H2,1-3H3,(H,35,39)/t31-/m0/s1. The topological polar surface area (TPSA) is 86.8 Å². The average Bonchev–Trinajstić information content (AvgIpc) is 2.99. The second-order valence-electron chi connectivity index (χ2n) is 10.1. The number of hydrogen-bond acceptors (Lipinski definition) is 4. The lowest BCUT2D eigenvalue weighted by Crippen LogP contribution is -2.53. The van der Waals surface area contributed by atoms with E-state index in [4.69, 9.17) is 11.6 Å². The summed E-state index contributed by atoms with van der Waals surface area (Å²) in [4.78, 5) is 29.2. The van der Waals surface area contributed by atoms with Crippen LogP contribution in [0, 0.1) is 13.8 Å². The number of aryl methyl sites for hydroxylation is 2. The van der Waals surface area contributed by atoms with Gasteiger partial charge in [0, 0.05) is 25.0 Å².